The SMILES string of the molecule is C=C(C(N)=O)C(CC(=O)O)C(=O)O. The van der Waals surface area contributed by atoms with Gasteiger partial charge in [0, 0.05) is 5.57 Å². The van der Waals surface area contributed by atoms with E-state index in [-0.39, 0.29) is 0 Å². The molecule has 0 saturated carbocycles. The molecule has 72 valence electrons. The quantitative estimate of drug-likeness (QED) is 0.487. The van der Waals surface area contributed by atoms with Gasteiger partial charge in [0.15, 0.2) is 0 Å². The van der Waals surface area contributed by atoms with Gasteiger partial charge in [-0.25, -0.2) is 0 Å². The van der Waals surface area contributed by atoms with Crippen LogP contribution in [0.4, 0.5) is 0 Å². The van der Waals surface area contributed by atoms with E-state index in [4.69, 9.17) is 15.9 Å². The number of carbonyl (C=O) groups excluding carboxylic acids is 1. The van der Waals surface area contributed by atoms with Gasteiger partial charge in [0.05, 0.1) is 12.3 Å². The van der Waals surface area contributed by atoms with Gasteiger partial charge < -0.3 is 15.9 Å². The number of rotatable bonds is 5. The van der Waals surface area contributed by atoms with Gasteiger partial charge in [0.25, 0.3) is 0 Å². The summed E-state index contributed by atoms with van der Waals surface area (Å²) in [4.78, 5) is 31.1. The lowest BCUT2D eigenvalue weighted by molar-refractivity contribution is -0.147. The molecule has 0 heterocycles. The zero-order valence-electron chi connectivity index (χ0n) is 6.69. The van der Waals surface area contributed by atoms with E-state index in [2.05, 4.69) is 6.58 Å². The molecule has 6 heteroatoms. The van der Waals surface area contributed by atoms with E-state index in [0.717, 1.165) is 0 Å². The molecule has 0 aliphatic carbocycles. The number of hydrogen-bond donors (Lipinski definition) is 3. The van der Waals surface area contributed by atoms with Crippen molar-refractivity contribution in [2.75, 3.05) is 0 Å². The molecule has 1 unspecified atom stereocenters. The Morgan fingerprint density at radius 3 is 2.00 bits per heavy atom. The summed E-state index contributed by atoms with van der Waals surface area (Å²) < 4.78 is 0. The lowest BCUT2D eigenvalue weighted by Gasteiger charge is -2.09. The first-order valence-corrected chi connectivity index (χ1v) is 3.29. The highest BCUT2D eigenvalue weighted by atomic mass is 16.4. The van der Waals surface area contributed by atoms with Gasteiger partial charge >= 0.3 is 11.9 Å². The van der Waals surface area contributed by atoms with Crippen LogP contribution in [0.3, 0.4) is 0 Å². The fraction of sp³-hybridized carbons (Fsp3) is 0.286. The van der Waals surface area contributed by atoms with Crippen molar-refractivity contribution in [3.05, 3.63) is 12.2 Å². The van der Waals surface area contributed by atoms with Crippen LogP contribution in [0.15, 0.2) is 12.2 Å². The molecule has 0 aromatic carbocycles. The number of nitrogens with two attached hydrogens (primary N) is 1. The van der Waals surface area contributed by atoms with E-state index >= 15 is 0 Å². The summed E-state index contributed by atoms with van der Waals surface area (Å²) in [5, 5.41) is 16.8. The van der Waals surface area contributed by atoms with E-state index in [1.165, 1.54) is 0 Å². The number of carbonyl (C=O) groups is 3. The van der Waals surface area contributed by atoms with E-state index in [1.807, 2.05) is 0 Å². The third-order valence-corrected chi connectivity index (χ3v) is 1.41. The summed E-state index contributed by atoms with van der Waals surface area (Å²) in [6.45, 7) is 3.11. The van der Waals surface area contributed by atoms with E-state index in [0.29, 0.717) is 0 Å². The highest BCUT2D eigenvalue weighted by molar-refractivity contribution is 5.98. The molecule has 0 bridgehead atoms. The molecule has 1 amide bonds. The maximum atomic E-state index is 10.5. The first kappa shape index (κ1) is 11.2. The van der Waals surface area contributed by atoms with Gasteiger partial charge in [-0.3, -0.25) is 14.4 Å². The van der Waals surface area contributed by atoms with Gasteiger partial charge in [-0.2, -0.15) is 0 Å². The van der Waals surface area contributed by atoms with Crippen molar-refractivity contribution in [3.8, 4) is 0 Å². The molecule has 13 heavy (non-hydrogen) atoms. The Morgan fingerprint density at radius 2 is 1.77 bits per heavy atom. The summed E-state index contributed by atoms with van der Waals surface area (Å²) in [6, 6.07) is 0. The maximum Gasteiger partial charge on any atom is 0.311 e. The molecule has 0 spiro atoms. The molecule has 0 aliphatic heterocycles. The Balaban J connectivity index is 4.61. The Bertz CT molecular complexity index is 270. The Morgan fingerprint density at radius 1 is 1.31 bits per heavy atom. The number of primary amides is 1. The topological polar surface area (TPSA) is 118 Å². The second-order valence-electron chi connectivity index (χ2n) is 2.38. The summed E-state index contributed by atoms with van der Waals surface area (Å²) in [7, 11) is 0. The number of amides is 1. The van der Waals surface area contributed by atoms with Gasteiger partial charge in [-0.15, -0.1) is 0 Å². The average molecular weight is 187 g/mol. The van der Waals surface area contributed by atoms with Crippen LogP contribution in [0.1, 0.15) is 6.42 Å². The largest absolute Gasteiger partial charge is 0.481 e. The maximum absolute atomic E-state index is 10.5. The Hall–Kier alpha value is -1.85. The molecule has 0 aromatic rings. The smallest absolute Gasteiger partial charge is 0.311 e. The number of aliphatic carboxylic acids is 2. The molecule has 0 aromatic heterocycles. The zero-order valence-corrected chi connectivity index (χ0v) is 6.69. The van der Waals surface area contributed by atoms with Crippen molar-refractivity contribution in [2.45, 2.75) is 6.42 Å². The van der Waals surface area contributed by atoms with Crippen LogP contribution < -0.4 is 5.73 Å². The second-order valence-corrected chi connectivity index (χ2v) is 2.38. The highest BCUT2D eigenvalue weighted by Crippen LogP contribution is 2.13. The molecule has 0 fully saturated rings. The predicted molar refractivity (Wildman–Crippen MR) is 41.7 cm³/mol. The van der Waals surface area contributed by atoms with Crippen LogP contribution in [-0.2, 0) is 14.4 Å². The molecule has 0 saturated heterocycles. The lowest BCUT2D eigenvalue weighted by Crippen LogP contribution is -2.27. The zero-order chi connectivity index (χ0) is 10.6. The molecule has 0 rings (SSSR count). The third kappa shape index (κ3) is 3.37. The van der Waals surface area contributed by atoms with Gasteiger partial charge in [0.1, 0.15) is 0 Å². The standard InChI is InChI=1S/C7H9NO5/c1-3(6(8)11)4(7(12)13)2-5(9)10/h4H,1-2H2,(H2,8,11)(H,9,10)(H,12,13). The van der Waals surface area contributed by atoms with Crippen LogP contribution in [0, 0.1) is 5.92 Å². The molecule has 4 N–H and O–H groups in total. The monoisotopic (exact) mass is 187 g/mol. The number of carboxylic acid groups (broad SMARTS) is 2. The molecular weight excluding hydrogens is 178 g/mol. The Kier molecular flexibility index (Phi) is 3.64. The van der Waals surface area contributed by atoms with Crippen molar-refractivity contribution in [3.63, 3.8) is 0 Å². The molecular formula is C7H9NO5. The van der Waals surface area contributed by atoms with Crippen LogP contribution >= 0.6 is 0 Å². The van der Waals surface area contributed by atoms with Crippen molar-refractivity contribution in [2.24, 2.45) is 11.7 Å². The molecule has 0 aliphatic rings. The first-order chi connectivity index (χ1) is 5.86. The minimum atomic E-state index is -1.45. The van der Waals surface area contributed by atoms with Crippen LogP contribution in [0.2, 0.25) is 0 Å². The fourth-order valence-electron chi connectivity index (χ4n) is 0.706. The van der Waals surface area contributed by atoms with E-state index in [9.17, 15) is 14.4 Å². The van der Waals surface area contributed by atoms with Gasteiger partial charge in [-0.05, 0) is 0 Å². The molecule has 0 radical (unpaired) electrons. The summed E-state index contributed by atoms with van der Waals surface area (Å²) in [5.74, 6) is -5.20. The second kappa shape index (κ2) is 4.24. The van der Waals surface area contributed by atoms with E-state index < -0.39 is 35.8 Å². The van der Waals surface area contributed by atoms with Gasteiger partial charge in [0.2, 0.25) is 5.91 Å². The van der Waals surface area contributed by atoms with Gasteiger partial charge in [-0.1, -0.05) is 6.58 Å². The normalized spacial score (nSPS) is 11.7. The van der Waals surface area contributed by atoms with Crippen molar-refractivity contribution in [1.82, 2.24) is 0 Å². The van der Waals surface area contributed by atoms with Crippen LogP contribution in [0.25, 0.3) is 0 Å². The minimum absolute atomic E-state index is 0.407. The van der Waals surface area contributed by atoms with Crippen molar-refractivity contribution < 1.29 is 24.6 Å². The average Bonchev–Trinajstić information content (AvgIpc) is 1.97. The summed E-state index contributed by atoms with van der Waals surface area (Å²) >= 11 is 0. The van der Waals surface area contributed by atoms with E-state index in [1.54, 1.807) is 0 Å². The van der Waals surface area contributed by atoms with Crippen LogP contribution in [0.5, 0.6) is 0 Å². The third-order valence-electron chi connectivity index (χ3n) is 1.41. The minimum Gasteiger partial charge on any atom is -0.481 e. The van der Waals surface area contributed by atoms with Crippen molar-refractivity contribution in [1.29, 1.82) is 0 Å². The summed E-state index contributed by atoms with van der Waals surface area (Å²) in [5.41, 5.74) is 4.35. The number of hydrogen-bond acceptors (Lipinski definition) is 3. The predicted octanol–water partition coefficient (Wildman–Crippen LogP) is -0.797. The lowest BCUT2D eigenvalue weighted by atomic mass is 9.97. The Labute approximate surface area is 73.7 Å². The summed E-state index contributed by atoms with van der Waals surface area (Å²) in [6.07, 6.45) is -0.697. The molecule has 6 nitrogen and oxygen atoms in total. The highest BCUT2D eigenvalue weighted by Gasteiger charge is 2.26. The fourth-order valence-corrected chi connectivity index (χ4v) is 0.706. The first-order valence-electron chi connectivity index (χ1n) is 3.29. The number of carboxylic acids is 2. The van der Waals surface area contributed by atoms with Crippen molar-refractivity contribution >= 4 is 17.8 Å². The van der Waals surface area contributed by atoms with Crippen LogP contribution in [-0.4, -0.2) is 28.1 Å². The molecule has 1 atom stereocenters.